The summed E-state index contributed by atoms with van der Waals surface area (Å²) in [5.41, 5.74) is 3.26. The standard InChI is InChI=1S/C22H18ClFN2O/c1-15(26-22(27)12-10-16-5-2-3-8-20(16)24)17-6-4-7-18(13-17)19-9-11-21(23)25-14-19/h2-15H,1H3,(H,26,27)/t15-/m0/s1. The lowest BCUT2D eigenvalue weighted by molar-refractivity contribution is -0.117. The summed E-state index contributed by atoms with van der Waals surface area (Å²) in [5.74, 6) is -0.650. The Hall–Kier alpha value is -2.98. The van der Waals surface area contributed by atoms with E-state index >= 15 is 0 Å². The van der Waals surface area contributed by atoms with Crippen LogP contribution in [0.25, 0.3) is 17.2 Å². The zero-order valence-corrected chi connectivity index (χ0v) is 15.5. The predicted octanol–water partition coefficient (Wildman–Crippen LogP) is 5.43. The maximum atomic E-state index is 13.6. The summed E-state index contributed by atoms with van der Waals surface area (Å²) in [5, 5.41) is 3.33. The van der Waals surface area contributed by atoms with Crippen LogP contribution in [0.3, 0.4) is 0 Å². The molecule has 0 saturated carbocycles. The molecule has 0 spiro atoms. The van der Waals surface area contributed by atoms with E-state index in [0.717, 1.165) is 16.7 Å². The molecule has 0 aliphatic rings. The highest BCUT2D eigenvalue weighted by molar-refractivity contribution is 6.29. The van der Waals surface area contributed by atoms with Crippen LogP contribution in [0.4, 0.5) is 4.39 Å². The smallest absolute Gasteiger partial charge is 0.244 e. The molecule has 0 unspecified atom stereocenters. The minimum atomic E-state index is -0.362. The molecule has 0 saturated heterocycles. The van der Waals surface area contributed by atoms with Gasteiger partial charge in [-0.25, -0.2) is 9.37 Å². The number of nitrogens with zero attached hydrogens (tertiary/aromatic N) is 1. The third-order valence-electron chi connectivity index (χ3n) is 4.13. The van der Waals surface area contributed by atoms with Gasteiger partial charge in [0.05, 0.1) is 6.04 Å². The van der Waals surface area contributed by atoms with Gasteiger partial charge in [-0.15, -0.1) is 0 Å². The number of hydrogen-bond donors (Lipinski definition) is 1. The lowest BCUT2D eigenvalue weighted by Crippen LogP contribution is -2.24. The number of benzene rings is 2. The van der Waals surface area contributed by atoms with Crippen molar-refractivity contribution in [2.24, 2.45) is 0 Å². The van der Waals surface area contributed by atoms with Crippen LogP contribution in [0.15, 0.2) is 72.9 Å². The third kappa shape index (κ3) is 5.02. The van der Waals surface area contributed by atoms with Crippen LogP contribution >= 0.6 is 11.6 Å². The molecule has 0 aliphatic carbocycles. The van der Waals surface area contributed by atoms with E-state index in [2.05, 4.69) is 10.3 Å². The van der Waals surface area contributed by atoms with E-state index in [-0.39, 0.29) is 17.8 Å². The summed E-state index contributed by atoms with van der Waals surface area (Å²) in [6.45, 7) is 1.90. The van der Waals surface area contributed by atoms with Crippen LogP contribution < -0.4 is 5.32 Å². The molecule has 5 heteroatoms. The maximum absolute atomic E-state index is 13.6. The number of amides is 1. The molecule has 1 atom stereocenters. The van der Waals surface area contributed by atoms with Crippen LogP contribution in [-0.2, 0) is 4.79 Å². The fourth-order valence-electron chi connectivity index (χ4n) is 2.65. The topological polar surface area (TPSA) is 42.0 Å². The monoisotopic (exact) mass is 380 g/mol. The highest BCUT2D eigenvalue weighted by atomic mass is 35.5. The summed E-state index contributed by atoms with van der Waals surface area (Å²) < 4.78 is 13.6. The number of carbonyl (C=O) groups excluding carboxylic acids is 1. The highest BCUT2D eigenvalue weighted by Gasteiger charge is 2.09. The van der Waals surface area contributed by atoms with Crippen molar-refractivity contribution in [2.45, 2.75) is 13.0 Å². The number of aromatic nitrogens is 1. The van der Waals surface area contributed by atoms with E-state index in [1.807, 2.05) is 37.3 Å². The summed E-state index contributed by atoms with van der Waals surface area (Å²) >= 11 is 5.83. The summed E-state index contributed by atoms with van der Waals surface area (Å²) in [6.07, 6.45) is 4.51. The molecule has 27 heavy (non-hydrogen) atoms. The summed E-state index contributed by atoms with van der Waals surface area (Å²) in [4.78, 5) is 16.3. The minimum Gasteiger partial charge on any atom is -0.346 e. The van der Waals surface area contributed by atoms with Crippen molar-refractivity contribution in [3.8, 4) is 11.1 Å². The fourth-order valence-corrected chi connectivity index (χ4v) is 2.77. The van der Waals surface area contributed by atoms with Crippen LogP contribution in [0.1, 0.15) is 24.1 Å². The van der Waals surface area contributed by atoms with Crippen molar-refractivity contribution in [2.75, 3.05) is 0 Å². The van der Waals surface area contributed by atoms with Crippen LogP contribution in [0, 0.1) is 5.82 Å². The number of pyridine rings is 1. The Morgan fingerprint density at radius 1 is 1.11 bits per heavy atom. The number of rotatable bonds is 5. The van der Waals surface area contributed by atoms with E-state index in [9.17, 15) is 9.18 Å². The second-order valence-corrected chi connectivity index (χ2v) is 6.47. The second kappa shape index (κ2) is 8.60. The first-order chi connectivity index (χ1) is 13.0. The maximum Gasteiger partial charge on any atom is 0.244 e. The number of carbonyl (C=O) groups is 1. The molecular weight excluding hydrogens is 363 g/mol. The van der Waals surface area contributed by atoms with E-state index in [0.29, 0.717) is 10.7 Å². The Morgan fingerprint density at radius 3 is 2.67 bits per heavy atom. The van der Waals surface area contributed by atoms with Gasteiger partial charge in [0.15, 0.2) is 0 Å². The van der Waals surface area contributed by atoms with Gasteiger partial charge in [-0.2, -0.15) is 0 Å². The Bertz CT molecular complexity index is 970. The normalized spacial score (nSPS) is 12.1. The number of nitrogens with one attached hydrogen (secondary N) is 1. The molecule has 1 heterocycles. The Balaban J connectivity index is 1.70. The molecule has 2 aromatic carbocycles. The van der Waals surface area contributed by atoms with Gasteiger partial charge in [0.1, 0.15) is 11.0 Å². The van der Waals surface area contributed by atoms with Crippen molar-refractivity contribution < 1.29 is 9.18 Å². The molecule has 3 aromatic rings. The van der Waals surface area contributed by atoms with Gasteiger partial charge >= 0.3 is 0 Å². The highest BCUT2D eigenvalue weighted by Crippen LogP contribution is 2.23. The predicted molar refractivity (Wildman–Crippen MR) is 107 cm³/mol. The zero-order chi connectivity index (χ0) is 19.2. The average Bonchev–Trinajstić information content (AvgIpc) is 2.68. The van der Waals surface area contributed by atoms with Crippen molar-refractivity contribution in [3.05, 3.63) is 95.0 Å². The van der Waals surface area contributed by atoms with Crippen molar-refractivity contribution >= 4 is 23.6 Å². The first kappa shape index (κ1) is 18.8. The SMILES string of the molecule is C[C@H](NC(=O)C=Cc1ccccc1F)c1cccc(-c2ccc(Cl)nc2)c1. The lowest BCUT2D eigenvalue weighted by atomic mass is 10.0. The molecule has 1 amide bonds. The lowest BCUT2D eigenvalue weighted by Gasteiger charge is -2.14. The molecule has 0 aliphatic heterocycles. The first-order valence-electron chi connectivity index (χ1n) is 8.48. The minimum absolute atomic E-state index is 0.206. The third-order valence-corrected chi connectivity index (χ3v) is 4.35. The molecule has 1 aromatic heterocycles. The molecule has 136 valence electrons. The molecule has 3 nitrogen and oxygen atoms in total. The van der Waals surface area contributed by atoms with Crippen molar-refractivity contribution in [3.63, 3.8) is 0 Å². The van der Waals surface area contributed by atoms with Gasteiger partial charge in [0.25, 0.3) is 0 Å². The van der Waals surface area contributed by atoms with Gasteiger partial charge in [-0.3, -0.25) is 4.79 Å². The first-order valence-corrected chi connectivity index (χ1v) is 8.86. The summed E-state index contributed by atoms with van der Waals surface area (Å²) in [7, 11) is 0. The van der Waals surface area contributed by atoms with Crippen LogP contribution in [0.2, 0.25) is 5.15 Å². The Morgan fingerprint density at radius 2 is 1.93 bits per heavy atom. The molecule has 1 N–H and O–H groups in total. The van der Waals surface area contributed by atoms with E-state index in [1.54, 1.807) is 30.5 Å². The molecule has 0 fully saturated rings. The van der Waals surface area contributed by atoms with Crippen LogP contribution in [-0.4, -0.2) is 10.9 Å². The largest absolute Gasteiger partial charge is 0.346 e. The summed E-state index contributed by atoms with van der Waals surface area (Å²) in [6, 6.07) is 17.6. The molecule has 0 bridgehead atoms. The van der Waals surface area contributed by atoms with Crippen LogP contribution in [0.5, 0.6) is 0 Å². The van der Waals surface area contributed by atoms with Crippen molar-refractivity contribution in [1.82, 2.24) is 10.3 Å². The molecular formula is C22H18ClFN2O. The van der Waals surface area contributed by atoms with Gasteiger partial charge in [0.2, 0.25) is 5.91 Å². The second-order valence-electron chi connectivity index (χ2n) is 6.08. The Kier molecular flexibility index (Phi) is 5.99. The molecule has 0 radical (unpaired) electrons. The van der Waals surface area contributed by atoms with Gasteiger partial charge in [-0.1, -0.05) is 48.0 Å². The van der Waals surface area contributed by atoms with Gasteiger partial charge in [0, 0.05) is 23.4 Å². The zero-order valence-electron chi connectivity index (χ0n) is 14.7. The quantitative estimate of drug-likeness (QED) is 0.473. The van der Waals surface area contributed by atoms with E-state index in [1.165, 1.54) is 18.2 Å². The average molecular weight is 381 g/mol. The Labute approximate surface area is 162 Å². The van der Waals surface area contributed by atoms with Gasteiger partial charge in [-0.05, 0) is 48.4 Å². The van der Waals surface area contributed by atoms with E-state index in [4.69, 9.17) is 11.6 Å². The van der Waals surface area contributed by atoms with Gasteiger partial charge < -0.3 is 5.32 Å². The number of halogens is 2. The van der Waals surface area contributed by atoms with E-state index < -0.39 is 0 Å². The van der Waals surface area contributed by atoms with Crippen molar-refractivity contribution in [1.29, 1.82) is 0 Å². The number of hydrogen-bond acceptors (Lipinski definition) is 2. The molecule has 3 rings (SSSR count). The fraction of sp³-hybridized carbons (Fsp3) is 0.0909.